The van der Waals surface area contributed by atoms with Crippen LogP contribution in [0.3, 0.4) is 0 Å². The molecule has 3 aliphatic carbocycles. The fourth-order valence-corrected chi connectivity index (χ4v) is 14.9. The largest absolute Gasteiger partial charge is 0.352 e. The zero-order valence-corrected chi connectivity index (χ0v) is 65.8. The lowest BCUT2D eigenvalue weighted by atomic mass is 10.1. The molecule has 42 heteroatoms. The minimum atomic E-state index is -3.72. The SMILES string of the molecule is CN(c1cc(-c2cncn2C)ccc1Nc1cc(CC(=O)C2CC2(F)F)nc2c1N=C(C(F)F)C2)S(C)(=O)=O.CN(c1cc(-c2cncn2C)ccc1Nc1cc(CC(=O)[C@@H]2CC2(F)F)nc2c1N=C(C(F)F)C2)S(C)(=O)=O.CN(c1cc(-c2cncn2C)ccc1Nc1cc(CC(=O)[C@H]2CC2(F)F)nc2c1N=C(C(F)F)C2)S(C)(=O)=O. The molecule has 3 saturated carbocycles. The van der Waals surface area contributed by atoms with Gasteiger partial charge < -0.3 is 29.7 Å². The van der Waals surface area contributed by atoms with Gasteiger partial charge in [0, 0.05) is 117 Å². The number of aromatic nitrogens is 9. The van der Waals surface area contributed by atoms with Crippen molar-refractivity contribution in [2.75, 3.05) is 68.8 Å². The number of nitrogens with zero attached hydrogens (tertiary/aromatic N) is 15. The number of hydrogen-bond acceptors (Lipinski definition) is 21. The maximum atomic E-state index is 13.5. The number of aliphatic imine (C=N–C) groups is 3. The number of alkyl halides is 12. The summed E-state index contributed by atoms with van der Waals surface area (Å²) in [6.45, 7) is 0. The predicted molar refractivity (Wildman–Crippen MR) is 414 cm³/mol. The third kappa shape index (κ3) is 18.1. The molecule has 3 aliphatic heterocycles. The van der Waals surface area contributed by atoms with Crippen LogP contribution in [-0.2, 0) is 104 Å². The Hall–Kier alpha value is -11.4. The highest BCUT2D eigenvalue weighted by atomic mass is 32.2. The highest BCUT2D eigenvalue weighted by Gasteiger charge is 2.62. The highest BCUT2D eigenvalue weighted by molar-refractivity contribution is 7.92. The van der Waals surface area contributed by atoms with Crippen molar-refractivity contribution >= 4 is 133 Å². The quantitative estimate of drug-likeness (QED) is 0.0403. The molecule has 6 aromatic heterocycles. The predicted octanol–water partition coefficient (Wildman–Crippen LogP) is 12.8. The van der Waals surface area contributed by atoms with Gasteiger partial charge in [0.25, 0.3) is 37.0 Å². The number of hydrogen-bond donors (Lipinski definition) is 3. The number of Topliss-reactive ketones (excluding diaryl/α,β-unsaturated/α-hetero) is 3. The summed E-state index contributed by atoms with van der Waals surface area (Å²) in [6, 6.07) is 19.1. The van der Waals surface area contributed by atoms with Gasteiger partial charge in [0.2, 0.25) is 30.1 Å². The van der Waals surface area contributed by atoms with Gasteiger partial charge in [0.05, 0.1) is 194 Å². The number of nitrogens with one attached hydrogen (secondary N) is 3. The van der Waals surface area contributed by atoms with Crippen LogP contribution in [0, 0.1) is 17.8 Å². The van der Waals surface area contributed by atoms with E-state index in [-0.39, 0.29) is 105 Å². The number of anilines is 9. The Labute approximate surface area is 661 Å². The normalized spacial score (nSPS) is 17.6. The maximum Gasteiger partial charge on any atom is 0.277 e. The number of halogens is 12. The monoisotopic (exact) mass is 1690 g/mol. The van der Waals surface area contributed by atoms with Gasteiger partial charge in [0.15, 0.2) is 0 Å². The second-order valence-corrected chi connectivity index (χ2v) is 35.1. The average Bonchev–Trinajstić information content (AvgIpc) is 1.52. The van der Waals surface area contributed by atoms with E-state index in [1.807, 2.05) is 0 Å². The molecule has 0 bridgehead atoms. The van der Waals surface area contributed by atoms with Crippen molar-refractivity contribution < 1.29 is 92.3 Å². The van der Waals surface area contributed by atoms with Gasteiger partial charge in [-0.2, -0.15) is 0 Å². The Kier molecular flexibility index (Phi) is 22.3. The van der Waals surface area contributed by atoms with Crippen LogP contribution < -0.4 is 28.9 Å². The van der Waals surface area contributed by atoms with Crippen molar-refractivity contribution in [3.8, 4) is 33.8 Å². The van der Waals surface area contributed by atoms with Gasteiger partial charge in [-0.15, -0.1) is 0 Å². The van der Waals surface area contributed by atoms with Gasteiger partial charge in [-0.05, 0) is 54.6 Å². The van der Waals surface area contributed by atoms with E-state index in [2.05, 4.69) is 60.8 Å². The topological polar surface area (TPSA) is 329 Å². The fraction of sp³-hybridized carbons (Fsp3) is 0.360. The molecular formula is C75H72F12N18O9S3. The number of carbonyl (C=O) groups excluding carboxylic acids is 3. The first-order valence-corrected chi connectivity index (χ1v) is 41.1. The van der Waals surface area contributed by atoms with Crippen LogP contribution in [0.4, 0.5) is 121 Å². The van der Waals surface area contributed by atoms with E-state index in [4.69, 9.17) is 0 Å². The molecule has 6 aliphatic rings. The van der Waals surface area contributed by atoms with Gasteiger partial charge in [-0.1, -0.05) is 18.2 Å². The summed E-state index contributed by atoms with van der Waals surface area (Å²) in [6.07, 6.45) is 0.675. The van der Waals surface area contributed by atoms with Crippen LogP contribution in [-0.4, -0.2) is 180 Å². The molecule has 3 aromatic carbocycles. The zero-order chi connectivity index (χ0) is 84.8. The van der Waals surface area contributed by atoms with Gasteiger partial charge >= 0.3 is 0 Å². The number of sulfonamides is 3. The standard InChI is InChI=1S/3C25H24F4N6O3S/c3*1-34-12-30-11-21(34)13-4-5-16(20(6-13)35(2)39(3,37)38)32-17-7-14(8-22(36)15-10-25(15,28)29)31-18-9-19(24(26)27)33-23(17)18/h3*4-7,11-12,15,24H,8-10H2,1-3H3,(H,31,32)/t2*15-;/m10./s1. The third-order valence-electron chi connectivity index (χ3n) is 20.3. The molecule has 27 nitrogen and oxygen atoms in total. The number of benzene rings is 3. The lowest BCUT2D eigenvalue weighted by Gasteiger charge is -2.23. The number of aryl methyl sites for hydroxylation is 3. The molecule has 1 unspecified atom stereocenters. The summed E-state index contributed by atoms with van der Waals surface area (Å²) < 4.78 is 245. The van der Waals surface area contributed by atoms with Crippen molar-refractivity contribution in [1.29, 1.82) is 0 Å². The van der Waals surface area contributed by atoms with Crippen molar-refractivity contribution in [2.45, 2.75) is 94.8 Å². The Morgan fingerprint density at radius 1 is 0.419 bits per heavy atom. The Bertz CT molecular complexity index is 5430. The smallest absolute Gasteiger partial charge is 0.277 e. The van der Waals surface area contributed by atoms with Gasteiger partial charge in [-0.25, -0.2) is 108 Å². The van der Waals surface area contributed by atoms with Gasteiger partial charge in [-0.3, -0.25) is 42.3 Å². The summed E-state index contributed by atoms with van der Waals surface area (Å²) in [5, 5.41) is 9.20. The summed E-state index contributed by atoms with van der Waals surface area (Å²) in [5.41, 5.74) is 6.34. The first-order valence-electron chi connectivity index (χ1n) is 35.5. The number of imidazole rings is 3. The van der Waals surface area contributed by atoms with E-state index in [0.29, 0.717) is 33.8 Å². The molecule has 0 radical (unpaired) electrons. The van der Waals surface area contributed by atoms with E-state index >= 15 is 0 Å². The molecular weight excluding hydrogens is 1620 g/mol. The number of pyridine rings is 3. The fourth-order valence-electron chi connectivity index (χ4n) is 13.3. The molecule has 15 rings (SSSR count). The second kappa shape index (κ2) is 31.2. The number of fused-ring (bicyclic) bond motifs is 3. The zero-order valence-electron chi connectivity index (χ0n) is 63.4. The molecule has 3 atom stereocenters. The summed E-state index contributed by atoms with van der Waals surface area (Å²) >= 11 is 0. The lowest BCUT2D eigenvalue weighted by molar-refractivity contribution is -0.122. The maximum absolute atomic E-state index is 13.5. The molecule has 117 heavy (non-hydrogen) atoms. The third-order valence-corrected chi connectivity index (χ3v) is 23.9. The minimum absolute atomic E-state index is 0.113. The van der Waals surface area contributed by atoms with Crippen molar-refractivity contribution in [3.63, 3.8) is 0 Å². The van der Waals surface area contributed by atoms with Crippen LogP contribution in [0.2, 0.25) is 0 Å². The highest BCUT2D eigenvalue weighted by Crippen LogP contribution is 2.53. The van der Waals surface area contributed by atoms with Crippen LogP contribution in [0.25, 0.3) is 33.8 Å². The molecule has 3 N–H and O–H groups in total. The van der Waals surface area contributed by atoms with Crippen LogP contribution in [0.1, 0.15) is 53.4 Å². The molecule has 3 fully saturated rings. The number of rotatable bonds is 27. The van der Waals surface area contributed by atoms with E-state index in [1.54, 1.807) is 127 Å². The lowest BCUT2D eigenvalue weighted by Crippen LogP contribution is -2.25. The van der Waals surface area contributed by atoms with E-state index < -0.39 is 158 Å². The molecule has 0 saturated heterocycles. The van der Waals surface area contributed by atoms with E-state index in [0.717, 1.165) is 48.8 Å². The Morgan fingerprint density at radius 2 is 0.658 bits per heavy atom. The Morgan fingerprint density at radius 3 is 0.855 bits per heavy atom. The summed E-state index contributed by atoms with van der Waals surface area (Å²) in [4.78, 5) is 74.3. The van der Waals surface area contributed by atoms with E-state index in [1.165, 1.54) is 39.3 Å². The van der Waals surface area contributed by atoms with Crippen molar-refractivity contribution in [3.05, 3.63) is 145 Å². The number of ketones is 3. The molecule has 9 heterocycles. The molecule has 0 spiro atoms. The van der Waals surface area contributed by atoms with Crippen LogP contribution in [0.5, 0.6) is 0 Å². The minimum Gasteiger partial charge on any atom is -0.352 e. The van der Waals surface area contributed by atoms with Crippen molar-refractivity contribution in [2.24, 2.45) is 53.9 Å². The molecule has 618 valence electrons. The molecule has 9 aromatic rings. The first-order chi connectivity index (χ1) is 54.7. The molecule has 0 amide bonds. The summed E-state index contributed by atoms with van der Waals surface area (Å²) in [7, 11) is -1.70. The van der Waals surface area contributed by atoms with Gasteiger partial charge in [0.1, 0.15) is 34.4 Å². The Balaban J connectivity index is 0.000000152. The summed E-state index contributed by atoms with van der Waals surface area (Å²) in [5.74, 6) is -15.3. The van der Waals surface area contributed by atoms with Crippen LogP contribution in [0.15, 0.2) is 125 Å². The second-order valence-electron chi connectivity index (χ2n) is 29.0. The van der Waals surface area contributed by atoms with Crippen LogP contribution >= 0.6 is 0 Å². The van der Waals surface area contributed by atoms with Crippen molar-refractivity contribution in [1.82, 2.24) is 43.6 Å². The average molecular weight is 1690 g/mol. The number of carbonyl (C=O) groups is 3. The first kappa shape index (κ1) is 83.5. The van der Waals surface area contributed by atoms with E-state index in [9.17, 15) is 92.3 Å².